The van der Waals surface area contributed by atoms with Gasteiger partial charge in [-0.3, -0.25) is 9.59 Å². The highest BCUT2D eigenvalue weighted by Gasteiger charge is 2.27. The smallest absolute Gasteiger partial charge is 0.242 e. The van der Waals surface area contributed by atoms with E-state index in [2.05, 4.69) is 5.32 Å². The molecular formula is C20H21Cl2FN2O2. The quantitative estimate of drug-likeness (QED) is 0.742. The van der Waals surface area contributed by atoms with Crippen molar-refractivity contribution in [1.29, 1.82) is 0 Å². The molecule has 0 fully saturated rings. The summed E-state index contributed by atoms with van der Waals surface area (Å²) in [6, 6.07) is 10.3. The Morgan fingerprint density at radius 1 is 1.15 bits per heavy atom. The topological polar surface area (TPSA) is 49.4 Å². The zero-order valence-corrected chi connectivity index (χ0v) is 16.6. The molecule has 4 nitrogen and oxygen atoms in total. The lowest BCUT2D eigenvalue weighted by Crippen LogP contribution is -2.48. The zero-order valence-electron chi connectivity index (χ0n) is 15.1. The SMILES string of the molecule is CCNC(=O)C(C)N(Cc1ccc(Cl)cc1Cl)C(=O)Cc1ccccc1F. The molecule has 0 bridgehead atoms. The molecule has 2 amide bonds. The normalized spacial score (nSPS) is 11.7. The van der Waals surface area contributed by atoms with Crippen LogP contribution in [0.3, 0.4) is 0 Å². The number of hydrogen-bond donors (Lipinski definition) is 1. The van der Waals surface area contributed by atoms with Crippen LogP contribution in [0.25, 0.3) is 0 Å². The molecule has 7 heteroatoms. The fourth-order valence-electron chi connectivity index (χ4n) is 2.64. The second-order valence-electron chi connectivity index (χ2n) is 6.10. The first kappa shape index (κ1) is 21.2. The molecule has 27 heavy (non-hydrogen) atoms. The minimum atomic E-state index is -0.740. The Kier molecular flexibility index (Phi) is 7.63. The van der Waals surface area contributed by atoms with E-state index in [0.717, 1.165) is 0 Å². The van der Waals surface area contributed by atoms with Crippen LogP contribution in [-0.2, 0) is 22.6 Å². The maximum Gasteiger partial charge on any atom is 0.242 e. The van der Waals surface area contributed by atoms with Gasteiger partial charge in [0, 0.05) is 23.1 Å². The van der Waals surface area contributed by atoms with Crippen LogP contribution in [-0.4, -0.2) is 29.3 Å². The van der Waals surface area contributed by atoms with Crippen molar-refractivity contribution in [3.63, 3.8) is 0 Å². The van der Waals surface area contributed by atoms with Crippen LogP contribution in [0.4, 0.5) is 4.39 Å². The van der Waals surface area contributed by atoms with Gasteiger partial charge in [0.15, 0.2) is 0 Å². The number of halogens is 3. The maximum absolute atomic E-state index is 13.9. The van der Waals surface area contributed by atoms with Gasteiger partial charge in [0.1, 0.15) is 11.9 Å². The second-order valence-corrected chi connectivity index (χ2v) is 6.94. The van der Waals surface area contributed by atoms with Gasteiger partial charge in [-0.2, -0.15) is 0 Å². The Morgan fingerprint density at radius 3 is 2.48 bits per heavy atom. The molecule has 0 radical (unpaired) electrons. The lowest BCUT2D eigenvalue weighted by molar-refractivity contribution is -0.140. The van der Waals surface area contributed by atoms with Crippen LogP contribution in [0, 0.1) is 5.82 Å². The maximum atomic E-state index is 13.9. The number of benzene rings is 2. The molecule has 144 valence electrons. The van der Waals surface area contributed by atoms with Gasteiger partial charge in [0.25, 0.3) is 0 Å². The van der Waals surface area contributed by atoms with Gasteiger partial charge in [-0.1, -0.05) is 47.5 Å². The third-order valence-corrected chi connectivity index (χ3v) is 4.76. The molecule has 0 spiro atoms. The summed E-state index contributed by atoms with van der Waals surface area (Å²) in [5.41, 5.74) is 0.928. The molecule has 0 aliphatic rings. The van der Waals surface area contributed by atoms with E-state index in [4.69, 9.17) is 23.2 Å². The van der Waals surface area contributed by atoms with Crippen LogP contribution in [0.5, 0.6) is 0 Å². The summed E-state index contributed by atoms with van der Waals surface area (Å²) in [7, 11) is 0. The van der Waals surface area contributed by atoms with Crippen LogP contribution in [0.1, 0.15) is 25.0 Å². The number of carbonyl (C=O) groups is 2. The van der Waals surface area contributed by atoms with E-state index >= 15 is 0 Å². The number of nitrogens with zero attached hydrogens (tertiary/aromatic N) is 1. The number of carbonyl (C=O) groups excluding carboxylic acids is 2. The molecule has 2 rings (SSSR count). The van der Waals surface area contributed by atoms with E-state index in [1.165, 1.54) is 11.0 Å². The van der Waals surface area contributed by atoms with Crippen LogP contribution in [0.2, 0.25) is 10.0 Å². The summed E-state index contributed by atoms with van der Waals surface area (Å²) in [6.45, 7) is 3.99. The van der Waals surface area contributed by atoms with Crippen LogP contribution >= 0.6 is 23.2 Å². The van der Waals surface area contributed by atoms with Crippen molar-refractivity contribution in [2.45, 2.75) is 32.9 Å². The molecule has 1 N–H and O–H groups in total. The molecule has 0 aliphatic carbocycles. The zero-order chi connectivity index (χ0) is 20.0. The summed E-state index contributed by atoms with van der Waals surface area (Å²) < 4.78 is 13.9. The van der Waals surface area contributed by atoms with Crippen molar-refractivity contribution >= 4 is 35.0 Å². The van der Waals surface area contributed by atoms with Crippen molar-refractivity contribution in [3.05, 3.63) is 69.5 Å². The summed E-state index contributed by atoms with van der Waals surface area (Å²) in [5.74, 6) is -1.12. The summed E-state index contributed by atoms with van der Waals surface area (Å²) >= 11 is 12.2. The van der Waals surface area contributed by atoms with Crippen LogP contribution in [0.15, 0.2) is 42.5 Å². The fourth-order valence-corrected chi connectivity index (χ4v) is 3.11. The van der Waals surface area contributed by atoms with Crippen molar-refractivity contribution < 1.29 is 14.0 Å². The molecule has 0 aliphatic heterocycles. The van der Waals surface area contributed by atoms with Gasteiger partial charge in [-0.15, -0.1) is 0 Å². The van der Waals surface area contributed by atoms with Gasteiger partial charge in [-0.25, -0.2) is 4.39 Å². The summed E-state index contributed by atoms with van der Waals surface area (Å²) in [5, 5.41) is 3.58. The average Bonchev–Trinajstić information content (AvgIpc) is 2.62. The van der Waals surface area contributed by atoms with Gasteiger partial charge in [0.2, 0.25) is 11.8 Å². The standard InChI is InChI=1S/C20H21Cl2FN2O2/c1-3-24-20(27)13(2)25(12-15-8-9-16(21)11-17(15)22)19(26)10-14-6-4-5-7-18(14)23/h4-9,11,13H,3,10,12H2,1-2H3,(H,24,27). The molecule has 1 unspecified atom stereocenters. The predicted octanol–water partition coefficient (Wildman–Crippen LogP) is 4.23. The number of rotatable bonds is 7. The molecule has 2 aromatic rings. The number of likely N-dealkylation sites (N-methyl/N-ethyl adjacent to an activating group) is 1. The molecule has 2 aromatic carbocycles. The van der Waals surface area contributed by atoms with E-state index < -0.39 is 11.9 Å². The number of nitrogens with one attached hydrogen (secondary N) is 1. The highest BCUT2D eigenvalue weighted by molar-refractivity contribution is 6.35. The Bertz CT molecular complexity index is 829. The first-order valence-corrected chi connectivity index (χ1v) is 9.33. The van der Waals surface area contributed by atoms with Gasteiger partial charge < -0.3 is 10.2 Å². The molecule has 0 saturated heterocycles. The van der Waals surface area contributed by atoms with E-state index in [1.807, 2.05) is 0 Å². The average molecular weight is 411 g/mol. The number of amides is 2. The van der Waals surface area contributed by atoms with Crippen molar-refractivity contribution in [2.24, 2.45) is 0 Å². The highest BCUT2D eigenvalue weighted by atomic mass is 35.5. The van der Waals surface area contributed by atoms with Crippen LogP contribution < -0.4 is 5.32 Å². The lowest BCUT2D eigenvalue weighted by atomic mass is 10.1. The van der Waals surface area contributed by atoms with Crippen molar-refractivity contribution in [2.75, 3.05) is 6.54 Å². The monoisotopic (exact) mass is 410 g/mol. The number of hydrogen-bond acceptors (Lipinski definition) is 2. The Morgan fingerprint density at radius 2 is 1.85 bits per heavy atom. The predicted molar refractivity (Wildman–Crippen MR) is 105 cm³/mol. The minimum absolute atomic E-state index is 0.113. The molecule has 0 aromatic heterocycles. The Balaban J connectivity index is 2.29. The lowest BCUT2D eigenvalue weighted by Gasteiger charge is -2.29. The minimum Gasteiger partial charge on any atom is -0.355 e. The molecular weight excluding hydrogens is 390 g/mol. The summed E-state index contributed by atoms with van der Waals surface area (Å²) in [6.07, 6.45) is -0.151. The third-order valence-electron chi connectivity index (χ3n) is 4.17. The Labute approximate surface area is 168 Å². The summed E-state index contributed by atoms with van der Waals surface area (Å²) in [4.78, 5) is 26.6. The first-order chi connectivity index (χ1) is 12.8. The molecule has 0 heterocycles. The molecule has 1 atom stereocenters. The first-order valence-electron chi connectivity index (χ1n) is 8.58. The van der Waals surface area contributed by atoms with E-state index in [-0.39, 0.29) is 30.3 Å². The third kappa shape index (κ3) is 5.68. The van der Waals surface area contributed by atoms with Gasteiger partial charge >= 0.3 is 0 Å². The molecule has 0 saturated carbocycles. The van der Waals surface area contributed by atoms with Gasteiger partial charge in [-0.05, 0) is 43.2 Å². The second kappa shape index (κ2) is 9.72. The fraction of sp³-hybridized carbons (Fsp3) is 0.300. The van der Waals surface area contributed by atoms with E-state index in [0.29, 0.717) is 22.2 Å². The Hall–Kier alpha value is -2.11. The highest BCUT2D eigenvalue weighted by Crippen LogP contribution is 2.23. The van der Waals surface area contributed by atoms with Crippen molar-refractivity contribution in [3.8, 4) is 0 Å². The van der Waals surface area contributed by atoms with Crippen molar-refractivity contribution in [1.82, 2.24) is 10.2 Å². The largest absolute Gasteiger partial charge is 0.355 e. The van der Waals surface area contributed by atoms with E-state index in [9.17, 15) is 14.0 Å². The van der Waals surface area contributed by atoms with Gasteiger partial charge in [0.05, 0.1) is 6.42 Å². The van der Waals surface area contributed by atoms with E-state index in [1.54, 1.807) is 50.2 Å².